The molecule has 0 radical (unpaired) electrons. The monoisotopic (exact) mass is 322 g/mol. The van der Waals surface area contributed by atoms with Gasteiger partial charge in [-0.05, 0) is 25.0 Å². The van der Waals surface area contributed by atoms with E-state index in [1.165, 1.54) is 4.68 Å². The summed E-state index contributed by atoms with van der Waals surface area (Å²) in [6.07, 6.45) is 4.56. The average Bonchev–Trinajstić information content (AvgIpc) is 3.04. The summed E-state index contributed by atoms with van der Waals surface area (Å²) >= 11 is 0. The van der Waals surface area contributed by atoms with Gasteiger partial charge in [0, 0.05) is 7.05 Å². The summed E-state index contributed by atoms with van der Waals surface area (Å²) in [4.78, 5) is 17.1. The first-order valence-corrected chi connectivity index (χ1v) is 7.69. The van der Waals surface area contributed by atoms with Crippen molar-refractivity contribution in [2.45, 2.75) is 18.4 Å². The molecule has 0 atom stereocenters. The summed E-state index contributed by atoms with van der Waals surface area (Å²) in [5.74, 6) is 0.480. The molecular weight excluding hydrogens is 308 g/mol. The van der Waals surface area contributed by atoms with Crippen LogP contribution in [0.1, 0.15) is 18.5 Å². The predicted octanol–water partition coefficient (Wildman–Crippen LogP) is 0.748. The van der Waals surface area contributed by atoms with Gasteiger partial charge in [-0.3, -0.25) is 13.8 Å². The van der Waals surface area contributed by atoms with Gasteiger partial charge in [0.2, 0.25) is 0 Å². The molecule has 5 rings (SSSR count). The summed E-state index contributed by atoms with van der Waals surface area (Å²) in [7, 11) is 1.71. The maximum Gasteiger partial charge on any atom is 0.261 e. The Morgan fingerprint density at radius 2 is 2.04 bits per heavy atom. The van der Waals surface area contributed by atoms with Crippen LogP contribution in [0.25, 0.3) is 22.4 Å². The zero-order valence-corrected chi connectivity index (χ0v) is 12.9. The van der Waals surface area contributed by atoms with E-state index in [-0.39, 0.29) is 5.56 Å². The minimum Gasteiger partial charge on any atom is -0.383 e. The number of aromatic nitrogens is 6. The molecule has 0 aliphatic heterocycles. The molecule has 0 bridgehead atoms. The molecule has 3 aromatic heterocycles. The van der Waals surface area contributed by atoms with Crippen LogP contribution in [0.5, 0.6) is 0 Å². The van der Waals surface area contributed by atoms with Crippen LogP contribution in [0.3, 0.4) is 0 Å². The van der Waals surface area contributed by atoms with Crippen LogP contribution in [-0.4, -0.2) is 34.1 Å². The molecule has 0 saturated heterocycles. The van der Waals surface area contributed by atoms with Crippen molar-refractivity contribution in [2.24, 2.45) is 7.05 Å². The Morgan fingerprint density at radius 3 is 2.83 bits per heavy atom. The van der Waals surface area contributed by atoms with Gasteiger partial charge in [-0.25, -0.2) is 4.98 Å². The molecule has 1 N–H and O–H groups in total. The Balaban J connectivity index is 1.89. The van der Waals surface area contributed by atoms with Crippen molar-refractivity contribution in [3.63, 3.8) is 0 Å². The maximum absolute atomic E-state index is 12.7. The molecule has 1 saturated carbocycles. The van der Waals surface area contributed by atoms with Crippen LogP contribution in [0.15, 0.2) is 41.6 Å². The third kappa shape index (κ3) is 1.60. The quantitative estimate of drug-likeness (QED) is 0.588. The normalized spacial score (nSPS) is 16.1. The number of hydrogen-bond donors (Lipinski definition) is 1. The van der Waals surface area contributed by atoms with E-state index in [4.69, 9.17) is 0 Å². The van der Waals surface area contributed by atoms with E-state index in [1.54, 1.807) is 30.2 Å². The molecule has 0 unspecified atom stereocenters. The number of rotatable bonds is 2. The number of aliphatic hydroxyl groups is 1. The summed E-state index contributed by atoms with van der Waals surface area (Å²) in [6, 6.07) is 7.40. The fourth-order valence-corrected chi connectivity index (χ4v) is 3.19. The van der Waals surface area contributed by atoms with Crippen LogP contribution in [-0.2, 0) is 12.6 Å². The number of benzene rings is 1. The largest absolute Gasteiger partial charge is 0.383 e. The molecule has 120 valence electrons. The highest BCUT2D eigenvalue weighted by atomic mass is 16.3. The molecule has 1 aromatic carbocycles. The van der Waals surface area contributed by atoms with Crippen molar-refractivity contribution in [1.82, 2.24) is 28.9 Å². The second-order valence-corrected chi connectivity index (χ2v) is 6.21. The maximum atomic E-state index is 12.7. The molecule has 0 amide bonds. The molecule has 4 aromatic rings. The standard InChI is InChI=1S/C16H14N6O2/c1-20-14-13(22-12(8-18-19-22)16(24)6-7-16)17-9-21(14)11-5-3-2-4-10(11)15(20)23/h2-5,8-9,24H,6-7H2,1H3. The Labute approximate surface area is 135 Å². The third-order valence-corrected chi connectivity index (χ3v) is 4.69. The van der Waals surface area contributed by atoms with Crippen molar-refractivity contribution in [3.05, 3.63) is 52.8 Å². The van der Waals surface area contributed by atoms with Crippen molar-refractivity contribution in [2.75, 3.05) is 0 Å². The van der Waals surface area contributed by atoms with Gasteiger partial charge in [0.15, 0.2) is 11.5 Å². The molecule has 8 heteroatoms. The van der Waals surface area contributed by atoms with Crippen molar-refractivity contribution in [3.8, 4) is 5.82 Å². The van der Waals surface area contributed by atoms with Gasteiger partial charge < -0.3 is 5.11 Å². The minimum atomic E-state index is -0.894. The molecule has 8 nitrogen and oxygen atoms in total. The number of hydrogen-bond acceptors (Lipinski definition) is 5. The lowest BCUT2D eigenvalue weighted by Crippen LogP contribution is -2.21. The van der Waals surface area contributed by atoms with E-state index < -0.39 is 5.60 Å². The lowest BCUT2D eigenvalue weighted by Gasteiger charge is -2.11. The summed E-state index contributed by atoms with van der Waals surface area (Å²) in [6.45, 7) is 0. The number of para-hydroxylation sites is 1. The fraction of sp³-hybridized carbons (Fsp3) is 0.250. The van der Waals surface area contributed by atoms with E-state index in [2.05, 4.69) is 15.3 Å². The van der Waals surface area contributed by atoms with Gasteiger partial charge in [0.25, 0.3) is 5.56 Å². The Hall–Kier alpha value is -3.00. The highest BCUT2D eigenvalue weighted by Crippen LogP contribution is 2.45. The average molecular weight is 322 g/mol. The van der Waals surface area contributed by atoms with Gasteiger partial charge in [-0.15, -0.1) is 5.10 Å². The first-order chi connectivity index (χ1) is 11.6. The Kier molecular flexibility index (Phi) is 2.41. The molecule has 1 aliphatic carbocycles. The van der Waals surface area contributed by atoms with Crippen molar-refractivity contribution in [1.29, 1.82) is 0 Å². The molecule has 1 aliphatic rings. The Bertz CT molecular complexity index is 1160. The van der Waals surface area contributed by atoms with Crippen LogP contribution < -0.4 is 5.56 Å². The van der Waals surface area contributed by atoms with E-state index in [1.807, 2.05) is 22.6 Å². The van der Waals surface area contributed by atoms with E-state index in [0.717, 1.165) is 5.52 Å². The smallest absolute Gasteiger partial charge is 0.261 e. The van der Waals surface area contributed by atoms with Gasteiger partial charge >= 0.3 is 0 Å². The molecule has 1 fully saturated rings. The second-order valence-electron chi connectivity index (χ2n) is 6.21. The fourth-order valence-electron chi connectivity index (χ4n) is 3.19. The zero-order chi connectivity index (χ0) is 16.5. The number of nitrogens with zero attached hydrogens (tertiary/aromatic N) is 6. The first kappa shape index (κ1) is 13.4. The number of imidazole rings is 1. The zero-order valence-electron chi connectivity index (χ0n) is 12.9. The van der Waals surface area contributed by atoms with E-state index in [0.29, 0.717) is 35.4 Å². The summed E-state index contributed by atoms with van der Waals surface area (Å²) < 4.78 is 4.93. The summed E-state index contributed by atoms with van der Waals surface area (Å²) in [5.41, 5.74) is 0.987. The van der Waals surface area contributed by atoms with Gasteiger partial charge in [0.05, 0.1) is 22.8 Å². The molecular formula is C16H14N6O2. The first-order valence-electron chi connectivity index (χ1n) is 7.69. The lowest BCUT2D eigenvalue weighted by molar-refractivity contribution is 0.143. The lowest BCUT2D eigenvalue weighted by atomic mass is 10.2. The Morgan fingerprint density at radius 1 is 1.25 bits per heavy atom. The van der Waals surface area contributed by atoms with Crippen LogP contribution in [0.2, 0.25) is 0 Å². The van der Waals surface area contributed by atoms with E-state index >= 15 is 0 Å². The van der Waals surface area contributed by atoms with Crippen molar-refractivity contribution < 1.29 is 5.11 Å². The van der Waals surface area contributed by atoms with Crippen LogP contribution >= 0.6 is 0 Å². The molecule has 0 spiro atoms. The van der Waals surface area contributed by atoms with Gasteiger partial charge in [-0.2, -0.15) is 4.68 Å². The SMILES string of the molecule is Cn1c(=O)c2ccccc2n2cnc(-n3nncc3C3(O)CC3)c12. The highest BCUT2D eigenvalue weighted by molar-refractivity contribution is 5.82. The molecule has 24 heavy (non-hydrogen) atoms. The van der Waals surface area contributed by atoms with Crippen molar-refractivity contribution >= 4 is 16.6 Å². The molecule has 3 heterocycles. The van der Waals surface area contributed by atoms with Gasteiger partial charge in [0.1, 0.15) is 11.9 Å². The number of aryl methyl sites for hydroxylation is 1. The topological polar surface area (TPSA) is 90.2 Å². The van der Waals surface area contributed by atoms with Crippen LogP contribution in [0, 0.1) is 0 Å². The van der Waals surface area contributed by atoms with E-state index in [9.17, 15) is 9.90 Å². The minimum absolute atomic E-state index is 0.105. The predicted molar refractivity (Wildman–Crippen MR) is 86.0 cm³/mol. The highest BCUT2D eigenvalue weighted by Gasteiger charge is 2.46. The van der Waals surface area contributed by atoms with Crippen LogP contribution in [0.4, 0.5) is 0 Å². The third-order valence-electron chi connectivity index (χ3n) is 4.69. The summed E-state index contributed by atoms with van der Waals surface area (Å²) in [5, 5.41) is 19.1. The number of fused-ring (bicyclic) bond motifs is 3. The van der Waals surface area contributed by atoms with Gasteiger partial charge in [-0.1, -0.05) is 17.3 Å². The second kappa shape index (κ2) is 4.30.